The topological polar surface area (TPSA) is 82.7 Å². The van der Waals surface area contributed by atoms with Gasteiger partial charge in [0.2, 0.25) is 6.41 Å². The summed E-state index contributed by atoms with van der Waals surface area (Å²) in [7, 11) is 0. The number of benzene rings is 3. The Bertz CT molecular complexity index is 1250. The van der Waals surface area contributed by atoms with Crippen LogP contribution in [0.15, 0.2) is 78.5 Å². The lowest BCUT2D eigenvalue weighted by Crippen LogP contribution is -2.39. The molecular formula is C28H30N4O3S. The summed E-state index contributed by atoms with van der Waals surface area (Å²) in [6, 6.07) is 22.4. The van der Waals surface area contributed by atoms with Crippen LogP contribution >= 0.6 is 12.2 Å². The molecule has 0 fully saturated rings. The zero-order valence-electron chi connectivity index (χ0n) is 20.8. The van der Waals surface area contributed by atoms with Gasteiger partial charge in [0.25, 0.3) is 0 Å². The number of para-hydroxylation sites is 1. The third-order valence-electron chi connectivity index (χ3n) is 5.57. The second-order valence-corrected chi connectivity index (χ2v) is 8.49. The van der Waals surface area contributed by atoms with Gasteiger partial charge >= 0.3 is 5.97 Å². The molecule has 3 aromatic carbocycles. The van der Waals surface area contributed by atoms with E-state index < -0.39 is 0 Å². The van der Waals surface area contributed by atoms with Crippen molar-refractivity contribution < 1.29 is 14.3 Å². The van der Waals surface area contributed by atoms with Gasteiger partial charge in [-0.3, -0.25) is 15.1 Å². The summed E-state index contributed by atoms with van der Waals surface area (Å²) in [6.07, 6.45) is 0.823. The minimum absolute atomic E-state index is 0.328. The highest BCUT2D eigenvalue weighted by Crippen LogP contribution is 2.32. The van der Waals surface area contributed by atoms with Crippen LogP contribution in [0.3, 0.4) is 0 Å². The van der Waals surface area contributed by atoms with Crippen LogP contribution in [0, 0.1) is 6.92 Å². The van der Waals surface area contributed by atoms with Crippen LogP contribution in [0.4, 0.5) is 17.1 Å². The van der Waals surface area contributed by atoms with Crippen LogP contribution in [0.5, 0.6) is 0 Å². The van der Waals surface area contributed by atoms with Crippen molar-refractivity contribution in [3.05, 3.63) is 95.2 Å². The molecule has 0 heterocycles. The fraction of sp³-hybridized carbons (Fsp3) is 0.179. The standard InChI is InChI=1S/C28H30N4O3S/c1-5-35-27(34)22-12-14-23(15-13-22)29-28(36)31-30-21(4)20(3)25-8-6-7-9-26(25)32(18-33)24-16-10-19(2)11-17-24/h6-18,30H,5H2,1-4H3,(H2,29,31,36)/b21-20+. The van der Waals surface area contributed by atoms with Gasteiger partial charge in [0.15, 0.2) is 5.11 Å². The lowest BCUT2D eigenvalue weighted by atomic mass is 10.0. The van der Waals surface area contributed by atoms with Crippen molar-refractivity contribution in [3.63, 3.8) is 0 Å². The Kier molecular flexibility index (Phi) is 9.19. The Labute approximate surface area is 217 Å². The van der Waals surface area contributed by atoms with Crippen molar-refractivity contribution in [3.8, 4) is 0 Å². The highest BCUT2D eigenvalue weighted by atomic mass is 32.1. The molecule has 0 radical (unpaired) electrons. The van der Waals surface area contributed by atoms with Gasteiger partial charge in [-0.2, -0.15) is 0 Å². The minimum atomic E-state index is -0.363. The number of ether oxygens (including phenoxy) is 1. The number of hydrogen-bond donors (Lipinski definition) is 3. The quantitative estimate of drug-likeness (QED) is 0.150. The highest BCUT2D eigenvalue weighted by molar-refractivity contribution is 7.80. The first-order valence-corrected chi connectivity index (χ1v) is 11.9. The fourth-order valence-electron chi connectivity index (χ4n) is 3.48. The van der Waals surface area contributed by atoms with Gasteiger partial charge in [-0.25, -0.2) is 4.79 Å². The predicted octanol–water partition coefficient (Wildman–Crippen LogP) is 5.71. The molecule has 0 aliphatic carbocycles. The molecule has 0 saturated heterocycles. The number of amides is 1. The Morgan fingerprint density at radius 3 is 2.28 bits per heavy atom. The average Bonchev–Trinajstić information content (AvgIpc) is 2.89. The number of rotatable bonds is 9. The van der Waals surface area contributed by atoms with E-state index in [1.807, 2.05) is 69.3 Å². The van der Waals surface area contributed by atoms with E-state index in [4.69, 9.17) is 17.0 Å². The first-order chi connectivity index (χ1) is 17.3. The maximum atomic E-state index is 12.0. The van der Waals surface area contributed by atoms with E-state index in [1.54, 1.807) is 36.1 Å². The van der Waals surface area contributed by atoms with E-state index in [0.29, 0.717) is 17.3 Å². The summed E-state index contributed by atoms with van der Waals surface area (Å²) in [5.41, 5.74) is 12.7. The number of nitrogens with one attached hydrogen (secondary N) is 3. The number of hydrogen-bond acceptors (Lipinski definition) is 5. The van der Waals surface area contributed by atoms with Crippen molar-refractivity contribution >= 4 is 52.3 Å². The number of esters is 1. The zero-order valence-corrected chi connectivity index (χ0v) is 21.6. The normalized spacial score (nSPS) is 11.1. The van der Waals surface area contributed by atoms with Crippen molar-refractivity contribution in [2.24, 2.45) is 0 Å². The monoisotopic (exact) mass is 502 g/mol. The molecule has 3 N–H and O–H groups in total. The average molecular weight is 503 g/mol. The molecule has 0 unspecified atom stereocenters. The smallest absolute Gasteiger partial charge is 0.338 e. The molecule has 1 amide bonds. The third-order valence-corrected chi connectivity index (χ3v) is 5.77. The molecular weight excluding hydrogens is 472 g/mol. The van der Waals surface area contributed by atoms with Gasteiger partial charge in [0.05, 0.1) is 17.9 Å². The summed E-state index contributed by atoms with van der Waals surface area (Å²) < 4.78 is 5.00. The molecule has 186 valence electrons. The lowest BCUT2D eigenvalue weighted by molar-refractivity contribution is -0.106. The first-order valence-electron chi connectivity index (χ1n) is 11.5. The molecule has 7 nitrogen and oxygen atoms in total. The van der Waals surface area contributed by atoms with Crippen LogP contribution in [-0.2, 0) is 9.53 Å². The van der Waals surface area contributed by atoms with Crippen LogP contribution in [0.1, 0.15) is 42.3 Å². The summed E-state index contributed by atoms with van der Waals surface area (Å²) in [5.74, 6) is -0.363. The second kappa shape index (κ2) is 12.5. The third kappa shape index (κ3) is 6.70. The Morgan fingerprint density at radius 1 is 0.972 bits per heavy atom. The van der Waals surface area contributed by atoms with E-state index in [-0.39, 0.29) is 5.97 Å². The number of hydrazine groups is 1. The molecule has 0 aromatic heterocycles. The lowest BCUT2D eigenvalue weighted by Gasteiger charge is -2.23. The van der Waals surface area contributed by atoms with Crippen molar-refractivity contribution in [2.45, 2.75) is 27.7 Å². The Balaban J connectivity index is 1.70. The number of nitrogens with zero attached hydrogens (tertiary/aromatic N) is 1. The molecule has 8 heteroatoms. The van der Waals surface area contributed by atoms with Gasteiger partial charge < -0.3 is 15.5 Å². The summed E-state index contributed by atoms with van der Waals surface area (Å²) >= 11 is 5.39. The van der Waals surface area contributed by atoms with E-state index in [9.17, 15) is 9.59 Å². The largest absolute Gasteiger partial charge is 0.462 e. The van der Waals surface area contributed by atoms with E-state index in [0.717, 1.165) is 45.9 Å². The molecule has 0 atom stereocenters. The van der Waals surface area contributed by atoms with Crippen molar-refractivity contribution in [1.29, 1.82) is 0 Å². The fourth-order valence-corrected chi connectivity index (χ4v) is 3.64. The number of carbonyl (C=O) groups excluding carboxylic acids is 2. The van der Waals surface area contributed by atoms with Gasteiger partial charge in [0, 0.05) is 22.6 Å². The Morgan fingerprint density at radius 2 is 1.64 bits per heavy atom. The number of carbonyl (C=O) groups is 2. The van der Waals surface area contributed by atoms with Gasteiger partial charge in [-0.05, 0) is 88.0 Å². The molecule has 36 heavy (non-hydrogen) atoms. The van der Waals surface area contributed by atoms with Crippen LogP contribution in [0.25, 0.3) is 5.57 Å². The minimum Gasteiger partial charge on any atom is -0.462 e. The Hall–Kier alpha value is -4.17. The highest BCUT2D eigenvalue weighted by Gasteiger charge is 2.15. The van der Waals surface area contributed by atoms with E-state index >= 15 is 0 Å². The maximum Gasteiger partial charge on any atom is 0.338 e. The van der Waals surface area contributed by atoms with E-state index in [1.165, 1.54) is 0 Å². The number of thiocarbonyl (C=S) groups is 1. The van der Waals surface area contributed by atoms with Crippen LogP contribution < -0.4 is 21.1 Å². The molecule has 0 aliphatic heterocycles. The number of anilines is 3. The molecule has 0 spiro atoms. The summed E-state index contributed by atoms with van der Waals surface area (Å²) in [4.78, 5) is 25.5. The number of aryl methyl sites for hydroxylation is 1. The van der Waals surface area contributed by atoms with Crippen LogP contribution in [-0.4, -0.2) is 24.1 Å². The first kappa shape index (κ1) is 26.4. The van der Waals surface area contributed by atoms with Crippen molar-refractivity contribution in [2.75, 3.05) is 16.8 Å². The molecule has 3 rings (SSSR count). The van der Waals surface area contributed by atoms with Crippen molar-refractivity contribution in [1.82, 2.24) is 10.9 Å². The van der Waals surface area contributed by atoms with Gasteiger partial charge in [-0.15, -0.1) is 0 Å². The summed E-state index contributed by atoms with van der Waals surface area (Å²) in [5, 5.41) is 3.42. The van der Waals surface area contributed by atoms with Gasteiger partial charge in [0.1, 0.15) is 0 Å². The summed E-state index contributed by atoms with van der Waals surface area (Å²) in [6.45, 7) is 8.01. The van der Waals surface area contributed by atoms with Gasteiger partial charge in [-0.1, -0.05) is 35.9 Å². The van der Waals surface area contributed by atoms with Crippen LogP contribution in [0.2, 0.25) is 0 Å². The molecule has 0 aliphatic rings. The molecule has 3 aromatic rings. The van der Waals surface area contributed by atoms with E-state index in [2.05, 4.69) is 16.2 Å². The molecule has 0 saturated carbocycles. The SMILES string of the molecule is CCOC(=O)c1ccc(NC(=S)NN/C(C)=C(\C)c2ccccc2N(C=O)c2ccc(C)cc2)cc1. The zero-order chi connectivity index (χ0) is 26.1. The maximum absolute atomic E-state index is 12.0. The second-order valence-electron chi connectivity index (χ2n) is 8.08. The predicted molar refractivity (Wildman–Crippen MR) is 149 cm³/mol. The molecule has 0 bridgehead atoms. The number of allylic oxidation sites excluding steroid dienone is 2.